The van der Waals surface area contributed by atoms with Crippen LogP contribution in [0.3, 0.4) is 0 Å². The first kappa shape index (κ1) is 16.5. The molecule has 0 spiro atoms. The average molecular weight is 299 g/mol. The number of halogens is 1. The molecule has 0 aliphatic rings. The normalized spacial score (nSPS) is 11.7. The highest BCUT2D eigenvalue weighted by Crippen LogP contribution is 2.20. The van der Waals surface area contributed by atoms with Crippen LogP contribution in [-0.4, -0.2) is 25.9 Å². The smallest absolute Gasteiger partial charge is 0.233 e. The van der Waals surface area contributed by atoms with Crippen LogP contribution in [0.15, 0.2) is 18.2 Å². The third kappa shape index (κ3) is 5.59. The topological polar surface area (TPSA) is 66.4 Å². The van der Waals surface area contributed by atoms with E-state index in [9.17, 15) is 12.8 Å². The molecular weight excluding hydrogens is 281 g/mol. The average Bonchev–Trinajstić information content (AvgIpc) is 2.26. The molecule has 4 nitrogen and oxygen atoms in total. The minimum Gasteiger partial charge on any atom is -0.384 e. The summed E-state index contributed by atoms with van der Waals surface area (Å²) in [6.07, 6.45) is 0. The van der Waals surface area contributed by atoms with Gasteiger partial charge in [0.2, 0.25) is 10.0 Å². The predicted molar refractivity (Wildman–Crippen MR) is 77.2 cm³/mol. The van der Waals surface area contributed by atoms with Gasteiger partial charge in [-0.2, -0.15) is 0 Å². The summed E-state index contributed by atoms with van der Waals surface area (Å²) in [5, 5.41) is 8.59. The molecule has 0 aliphatic carbocycles. The van der Waals surface area contributed by atoms with Crippen molar-refractivity contribution in [2.75, 3.05) is 17.1 Å². The van der Waals surface area contributed by atoms with E-state index in [0.717, 1.165) is 6.07 Å². The Hall–Kier alpha value is -1.58. The van der Waals surface area contributed by atoms with Gasteiger partial charge >= 0.3 is 0 Å². The van der Waals surface area contributed by atoms with Crippen LogP contribution in [0.2, 0.25) is 0 Å². The van der Waals surface area contributed by atoms with Gasteiger partial charge in [0, 0.05) is 5.69 Å². The third-order valence-corrected chi connectivity index (χ3v) is 3.96. The largest absolute Gasteiger partial charge is 0.384 e. The molecule has 0 unspecified atom stereocenters. The number of hydrogen-bond acceptors (Lipinski definition) is 3. The van der Waals surface area contributed by atoms with Crippen LogP contribution in [0, 0.1) is 23.1 Å². The lowest BCUT2D eigenvalue weighted by molar-refractivity contribution is 0.350. The summed E-state index contributed by atoms with van der Waals surface area (Å²) in [4.78, 5) is 0. The minimum atomic E-state index is -3.51. The Morgan fingerprint density at radius 1 is 1.35 bits per heavy atom. The second kappa shape index (κ2) is 6.25. The summed E-state index contributed by atoms with van der Waals surface area (Å²) in [5.74, 6) is 4.14. The van der Waals surface area contributed by atoms with E-state index in [1.165, 1.54) is 12.1 Å². The van der Waals surface area contributed by atoms with Crippen molar-refractivity contribution >= 4 is 15.7 Å². The van der Waals surface area contributed by atoms with Crippen LogP contribution in [-0.2, 0) is 10.0 Å². The van der Waals surface area contributed by atoms with E-state index in [1.807, 2.05) is 20.8 Å². The van der Waals surface area contributed by atoms with E-state index in [4.69, 9.17) is 5.11 Å². The zero-order valence-corrected chi connectivity index (χ0v) is 12.5. The molecule has 0 amide bonds. The quantitative estimate of drug-likeness (QED) is 0.839. The molecule has 1 aromatic carbocycles. The standard InChI is InChI=1S/C14H18FNO3S/c1-14(2,3)10-20(18,19)16-12-6-7-13(15)11(9-12)5-4-8-17/h6-7,9,16-17H,8,10H2,1-3H3. The summed E-state index contributed by atoms with van der Waals surface area (Å²) >= 11 is 0. The van der Waals surface area contributed by atoms with Gasteiger partial charge in [-0.15, -0.1) is 0 Å². The van der Waals surface area contributed by atoms with Crippen molar-refractivity contribution in [3.05, 3.63) is 29.6 Å². The van der Waals surface area contributed by atoms with Crippen LogP contribution >= 0.6 is 0 Å². The van der Waals surface area contributed by atoms with Crippen LogP contribution in [0.25, 0.3) is 0 Å². The lowest BCUT2D eigenvalue weighted by atomic mass is 10.0. The molecule has 0 fully saturated rings. The number of sulfonamides is 1. The molecule has 20 heavy (non-hydrogen) atoms. The maximum absolute atomic E-state index is 13.4. The van der Waals surface area contributed by atoms with Crippen LogP contribution in [0.1, 0.15) is 26.3 Å². The summed E-state index contributed by atoms with van der Waals surface area (Å²) in [7, 11) is -3.51. The number of nitrogens with one attached hydrogen (secondary N) is 1. The minimum absolute atomic E-state index is 0.0370. The summed E-state index contributed by atoms with van der Waals surface area (Å²) in [6, 6.07) is 3.77. The SMILES string of the molecule is CC(C)(C)CS(=O)(=O)Nc1ccc(F)c(C#CCO)c1. The molecule has 0 aromatic heterocycles. The lowest BCUT2D eigenvalue weighted by Gasteiger charge is -2.18. The molecule has 0 radical (unpaired) electrons. The molecular formula is C14H18FNO3S. The first-order valence-corrected chi connectivity index (χ1v) is 7.68. The Morgan fingerprint density at radius 3 is 2.55 bits per heavy atom. The Balaban J connectivity index is 2.99. The van der Waals surface area contributed by atoms with Gasteiger partial charge in [-0.05, 0) is 23.6 Å². The number of anilines is 1. The third-order valence-electron chi connectivity index (χ3n) is 2.16. The molecule has 0 heterocycles. The van der Waals surface area contributed by atoms with Gasteiger partial charge in [0.15, 0.2) is 0 Å². The van der Waals surface area contributed by atoms with Crippen molar-refractivity contribution in [1.29, 1.82) is 0 Å². The summed E-state index contributed by atoms with van der Waals surface area (Å²) in [6.45, 7) is 5.05. The number of rotatable bonds is 3. The fourth-order valence-corrected chi connectivity index (χ4v) is 3.30. The fraction of sp³-hybridized carbons (Fsp3) is 0.429. The number of hydrogen-bond donors (Lipinski definition) is 2. The molecule has 1 aromatic rings. The van der Waals surface area contributed by atoms with Crippen molar-refractivity contribution in [3.63, 3.8) is 0 Å². The Bertz CT molecular complexity index is 637. The molecule has 6 heteroatoms. The highest BCUT2D eigenvalue weighted by atomic mass is 32.2. The van der Waals surface area contributed by atoms with Crippen LogP contribution in [0.5, 0.6) is 0 Å². The summed E-state index contributed by atoms with van der Waals surface area (Å²) < 4.78 is 39.7. The second-order valence-corrected chi connectivity index (χ2v) is 7.30. The van der Waals surface area contributed by atoms with Gasteiger partial charge in [0.05, 0.1) is 11.3 Å². The van der Waals surface area contributed by atoms with E-state index >= 15 is 0 Å². The van der Waals surface area contributed by atoms with Gasteiger partial charge < -0.3 is 5.11 Å². The van der Waals surface area contributed by atoms with Gasteiger partial charge in [-0.1, -0.05) is 32.6 Å². The van der Waals surface area contributed by atoms with Crippen LogP contribution in [0.4, 0.5) is 10.1 Å². The van der Waals surface area contributed by atoms with E-state index in [-0.39, 0.29) is 29.0 Å². The first-order valence-electron chi connectivity index (χ1n) is 6.03. The van der Waals surface area contributed by atoms with Crippen molar-refractivity contribution in [2.24, 2.45) is 5.41 Å². The Morgan fingerprint density at radius 2 is 2.00 bits per heavy atom. The Labute approximate surface area is 119 Å². The van der Waals surface area contributed by atoms with E-state index in [1.54, 1.807) is 0 Å². The fourth-order valence-electron chi connectivity index (χ4n) is 1.61. The predicted octanol–water partition coefficient (Wildman–Crippen LogP) is 1.96. The molecule has 0 bridgehead atoms. The molecule has 1 rings (SSSR count). The van der Waals surface area contributed by atoms with Crippen molar-refractivity contribution in [1.82, 2.24) is 0 Å². The molecule has 2 N–H and O–H groups in total. The lowest BCUT2D eigenvalue weighted by Crippen LogP contribution is -2.26. The molecule has 110 valence electrons. The van der Waals surface area contributed by atoms with Gasteiger partial charge in [0.25, 0.3) is 0 Å². The van der Waals surface area contributed by atoms with Gasteiger partial charge in [0.1, 0.15) is 12.4 Å². The number of aliphatic hydroxyl groups is 1. The summed E-state index contributed by atoms with van der Waals surface area (Å²) in [5.41, 5.74) is -0.0985. The molecule has 0 saturated heterocycles. The van der Waals surface area contributed by atoms with E-state index in [2.05, 4.69) is 16.6 Å². The maximum Gasteiger partial charge on any atom is 0.233 e. The van der Waals surface area contributed by atoms with Crippen molar-refractivity contribution in [3.8, 4) is 11.8 Å². The molecule has 0 atom stereocenters. The van der Waals surface area contributed by atoms with Crippen LogP contribution < -0.4 is 4.72 Å². The number of aliphatic hydroxyl groups excluding tert-OH is 1. The maximum atomic E-state index is 13.4. The highest BCUT2D eigenvalue weighted by molar-refractivity contribution is 7.92. The highest BCUT2D eigenvalue weighted by Gasteiger charge is 2.21. The number of benzene rings is 1. The van der Waals surface area contributed by atoms with E-state index < -0.39 is 15.8 Å². The second-order valence-electron chi connectivity index (χ2n) is 5.58. The molecule has 0 saturated carbocycles. The Kier molecular flexibility index (Phi) is 5.15. The van der Waals surface area contributed by atoms with E-state index in [0.29, 0.717) is 0 Å². The van der Waals surface area contributed by atoms with Crippen molar-refractivity contribution in [2.45, 2.75) is 20.8 Å². The monoisotopic (exact) mass is 299 g/mol. The molecule has 0 aliphatic heterocycles. The van der Waals surface area contributed by atoms with Gasteiger partial charge in [-0.3, -0.25) is 4.72 Å². The zero-order chi connectivity index (χ0) is 15.4. The zero-order valence-electron chi connectivity index (χ0n) is 11.7. The van der Waals surface area contributed by atoms with Crippen molar-refractivity contribution < 1.29 is 17.9 Å². The van der Waals surface area contributed by atoms with Gasteiger partial charge in [-0.25, -0.2) is 12.8 Å². The first-order chi connectivity index (χ1) is 9.13.